The van der Waals surface area contributed by atoms with E-state index in [-0.39, 0.29) is 0 Å². The minimum Gasteiger partial charge on any atom is -0.494 e. The van der Waals surface area contributed by atoms with Crippen LogP contribution in [-0.4, -0.2) is 30.4 Å². The molecule has 1 saturated carbocycles. The molecular formula is C16H24BO3S. The molecule has 0 saturated heterocycles. The van der Waals surface area contributed by atoms with Crippen molar-refractivity contribution in [3.63, 3.8) is 0 Å². The van der Waals surface area contributed by atoms with Gasteiger partial charge in [-0.15, -0.1) is 12.6 Å². The Labute approximate surface area is 133 Å². The molecular weight excluding hydrogens is 283 g/mol. The third-order valence-corrected chi connectivity index (χ3v) is 4.40. The monoisotopic (exact) mass is 307 g/mol. The first-order chi connectivity index (χ1) is 9.69. The molecule has 0 bridgehead atoms. The van der Waals surface area contributed by atoms with E-state index in [0.29, 0.717) is 5.92 Å². The average molecular weight is 307 g/mol. The fourth-order valence-corrected chi connectivity index (χ4v) is 1.82. The third-order valence-electron chi connectivity index (χ3n) is 4.12. The van der Waals surface area contributed by atoms with Gasteiger partial charge in [-0.1, -0.05) is 0 Å². The maximum atomic E-state index is 10.1. The van der Waals surface area contributed by atoms with Gasteiger partial charge in [-0.25, -0.2) is 0 Å². The summed E-state index contributed by atoms with van der Waals surface area (Å²) in [7, 11) is 1.65. The summed E-state index contributed by atoms with van der Waals surface area (Å²) in [4.78, 5) is 0.852. The van der Waals surface area contributed by atoms with Gasteiger partial charge in [0.25, 0.3) is 0 Å². The van der Waals surface area contributed by atoms with Crippen molar-refractivity contribution in [1.82, 2.24) is 0 Å². The number of thiol groups is 1. The molecule has 2 rings (SSSR count). The van der Waals surface area contributed by atoms with Gasteiger partial charge in [0.15, 0.2) is 0 Å². The first-order valence-corrected chi connectivity index (χ1v) is 7.83. The Balaban J connectivity index is 2.05. The Kier molecular flexibility index (Phi) is 4.96. The number of benzene rings is 1. The van der Waals surface area contributed by atoms with E-state index >= 15 is 0 Å². The minimum atomic E-state index is -0.947. The molecule has 0 aromatic heterocycles. The normalized spacial score (nSPS) is 15.9. The fraction of sp³-hybridized carbons (Fsp3) is 0.625. The van der Waals surface area contributed by atoms with Crippen LogP contribution in [0.2, 0.25) is 0 Å². The van der Waals surface area contributed by atoms with E-state index in [2.05, 4.69) is 12.6 Å². The van der Waals surface area contributed by atoms with Gasteiger partial charge in [0.05, 0.1) is 17.8 Å². The lowest BCUT2D eigenvalue weighted by molar-refractivity contribution is -0.0893. The summed E-state index contributed by atoms with van der Waals surface area (Å²) in [5.41, 5.74) is -0.801. The maximum Gasteiger partial charge on any atom is 0.334 e. The number of ether oxygens (including phenoxy) is 1. The molecule has 1 aromatic carbocycles. The van der Waals surface area contributed by atoms with E-state index in [1.807, 2.05) is 32.0 Å². The molecule has 1 aliphatic carbocycles. The number of hydrogen-bond acceptors (Lipinski definition) is 4. The molecule has 1 fully saturated rings. The molecule has 1 N–H and O–H groups in total. The predicted octanol–water partition coefficient (Wildman–Crippen LogP) is 2.57. The zero-order chi connectivity index (χ0) is 15.7. The van der Waals surface area contributed by atoms with Gasteiger partial charge in [-0.05, 0) is 70.1 Å². The molecule has 3 nitrogen and oxygen atoms in total. The molecule has 0 heterocycles. The summed E-state index contributed by atoms with van der Waals surface area (Å²) in [5, 5.41) is 10.1. The smallest absolute Gasteiger partial charge is 0.334 e. The zero-order valence-electron chi connectivity index (χ0n) is 13.2. The molecule has 0 unspecified atom stereocenters. The van der Waals surface area contributed by atoms with Crippen LogP contribution in [0.3, 0.4) is 0 Å². The van der Waals surface area contributed by atoms with Crippen molar-refractivity contribution in [3.8, 4) is 5.75 Å². The Morgan fingerprint density at radius 2 is 1.95 bits per heavy atom. The second kappa shape index (κ2) is 6.23. The standard InChI is InChI=1S/C16H24BO3S/c1-15(2,18)16(3,4)20-17-13-9-12(21)7-8-14(13)19-10-11-5-6-11/h7-9,11,18,21H,5-6,10H2,1-4H3. The molecule has 0 spiro atoms. The Bertz CT molecular complexity index is 493. The van der Waals surface area contributed by atoms with Gasteiger partial charge in [-0.2, -0.15) is 0 Å². The highest BCUT2D eigenvalue weighted by Crippen LogP contribution is 2.29. The van der Waals surface area contributed by atoms with Crippen molar-refractivity contribution < 1.29 is 14.5 Å². The van der Waals surface area contributed by atoms with Crippen LogP contribution in [0.15, 0.2) is 23.1 Å². The van der Waals surface area contributed by atoms with Crippen LogP contribution < -0.4 is 10.2 Å². The van der Waals surface area contributed by atoms with Crippen LogP contribution in [0.25, 0.3) is 0 Å². The van der Waals surface area contributed by atoms with Crippen molar-refractivity contribution >= 4 is 25.6 Å². The largest absolute Gasteiger partial charge is 0.494 e. The molecule has 0 amide bonds. The predicted molar refractivity (Wildman–Crippen MR) is 88.8 cm³/mol. The van der Waals surface area contributed by atoms with Gasteiger partial charge >= 0.3 is 7.48 Å². The van der Waals surface area contributed by atoms with Crippen LogP contribution in [0.5, 0.6) is 5.75 Å². The maximum absolute atomic E-state index is 10.1. The van der Waals surface area contributed by atoms with E-state index in [4.69, 9.17) is 9.39 Å². The summed E-state index contributed by atoms with van der Waals surface area (Å²) in [6.45, 7) is 7.94. The highest BCUT2D eigenvalue weighted by atomic mass is 32.1. The molecule has 115 valence electrons. The van der Waals surface area contributed by atoms with Crippen LogP contribution in [0, 0.1) is 5.92 Å². The van der Waals surface area contributed by atoms with Gasteiger partial charge < -0.3 is 14.5 Å². The first kappa shape index (κ1) is 16.7. The van der Waals surface area contributed by atoms with E-state index in [1.165, 1.54) is 12.8 Å². The summed E-state index contributed by atoms with van der Waals surface area (Å²) in [6.07, 6.45) is 2.51. The van der Waals surface area contributed by atoms with Crippen molar-refractivity contribution in [1.29, 1.82) is 0 Å². The van der Waals surface area contributed by atoms with Gasteiger partial charge in [0.1, 0.15) is 5.75 Å². The average Bonchev–Trinajstić information content (AvgIpc) is 3.18. The second-order valence-electron chi connectivity index (χ2n) is 6.78. The van der Waals surface area contributed by atoms with Crippen LogP contribution >= 0.6 is 12.6 Å². The number of rotatable bonds is 7. The summed E-state index contributed by atoms with van der Waals surface area (Å²) in [5.74, 6) is 1.49. The molecule has 1 aromatic rings. The lowest BCUT2D eigenvalue weighted by Gasteiger charge is -2.37. The zero-order valence-corrected chi connectivity index (χ0v) is 14.1. The molecule has 0 aliphatic heterocycles. The fourth-order valence-electron chi connectivity index (χ4n) is 1.61. The lowest BCUT2D eigenvalue weighted by atomic mass is 9.82. The SMILES string of the molecule is CC(C)(O)C(C)(C)O[B]c1cc(S)ccc1OCC1CC1. The topological polar surface area (TPSA) is 38.7 Å². The highest BCUT2D eigenvalue weighted by molar-refractivity contribution is 7.80. The van der Waals surface area contributed by atoms with Gasteiger partial charge in [-0.3, -0.25) is 0 Å². The quantitative estimate of drug-likeness (QED) is 0.601. The van der Waals surface area contributed by atoms with E-state index in [1.54, 1.807) is 21.3 Å². The van der Waals surface area contributed by atoms with Crippen LogP contribution in [0.1, 0.15) is 40.5 Å². The molecule has 5 heteroatoms. The summed E-state index contributed by atoms with van der Waals surface area (Å²) < 4.78 is 11.7. The van der Waals surface area contributed by atoms with Crippen molar-refractivity contribution in [2.45, 2.75) is 56.6 Å². The van der Waals surface area contributed by atoms with Crippen molar-refractivity contribution in [2.75, 3.05) is 6.61 Å². The van der Waals surface area contributed by atoms with E-state index < -0.39 is 11.2 Å². The molecule has 21 heavy (non-hydrogen) atoms. The van der Waals surface area contributed by atoms with E-state index in [9.17, 15) is 5.11 Å². The van der Waals surface area contributed by atoms with Crippen LogP contribution in [-0.2, 0) is 4.65 Å². The molecule has 1 aliphatic rings. The second-order valence-corrected chi connectivity index (χ2v) is 7.30. The molecule has 1 radical (unpaired) electrons. The third kappa shape index (κ3) is 4.66. The van der Waals surface area contributed by atoms with Gasteiger partial charge in [0, 0.05) is 4.90 Å². The van der Waals surface area contributed by atoms with E-state index in [0.717, 1.165) is 22.7 Å². The summed E-state index contributed by atoms with van der Waals surface area (Å²) >= 11 is 4.36. The minimum absolute atomic E-state index is 0.697. The van der Waals surface area contributed by atoms with Crippen molar-refractivity contribution in [3.05, 3.63) is 18.2 Å². The Hall–Kier alpha value is -0.645. The summed E-state index contributed by atoms with van der Waals surface area (Å²) in [6, 6.07) is 5.73. The van der Waals surface area contributed by atoms with Crippen molar-refractivity contribution in [2.24, 2.45) is 5.92 Å². The number of aliphatic hydroxyl groups is 1. The lowest BCUT2D eigenvalue weighted by Crippen LogP contribution is -2.49. The van der Waals surface area contributed by atoms with Gasteiger partial charge in [0.2, 0.25) is 0 Å². The van der Waals surface area contributed by atoms with Crippen LogP contribution in [0.4, 0.5) is 0 Å². The Morgan fingerprint density at radius 3 is 2.52 bits per heavy atom. The molecule has 0 atom stereocenters. The first-order valence-electron chi connectivity index (χ1n) is 7.38. The highest BCUT2D eigenvalue weighted by Gasteiger charge is 2.36. The Morgan fingerprint density at radius 1 is 1.29 bits per heavy atom. The number of hydrogen-bond donors (Lipinski definition) is 2.